The highest BCUT2D eigenvalue weighted by atomic mass is 35.5. The predicted molar refractivity (Wildman–Crippen MR) is 86.2 cm³/mol. The molecule has 21 heavy (non-hydrogen) atoms. The Kier molecular flexibility index (Phi) is 6.33. The Morgan fingerprint density at radius 1 is 1.43 bits per heavy atom. The highest BCUT2D eigenvalue weighted by Crippen LogP contribution is 2.21. The second kappa shape index (κ2) is 8.25. The van der Waals surface area contributed by atoms with Crippen molar-refractivity contribution in [3.8, 4) is 0 Å². The molecule has 0 saturated carbocycles. The number of benzene rings is 1. The quantitative estimate of drug-likeness (QED) is 0.811. The van der Waals surface area contributed by atoms with Crippen molar-refractivity contribution in [2.24, 2.45) is 0 Å². The number of carbonyl (C=O) groups excluding carboxylic acids is 1. The summed E-state index contributed by atoms with van der Waals surface area (Å²) in [7, 11) is 0. The number of hydrogen-bond acceptors (Lipinski definition) is 3. The fourth-order valence-electron chi connectivity index (χ4n) is 2.43. The maximum atomic E-state index is 12.3. The molecule has 116 valence electrons. The lowest BCUT2D eigenvalue weighted by Crippen LogP contribution is -2.27. The second-order valence-electron chi connectivity index (χ2n) is 5.30. The first-order chi connectivity index (χ1) is 10.2. The molecule has 0 bridgehead atoms. The van der Waals surface area contributed by atoms with Crippen LogP contribution < -0.4 is 10.6 Å². The fraction of sp³-hybridized carbons (Fsp3) is 0.562. The number of hydrogen-bond donors (Lipinski definition) is 2. The molecule has 0 aromatic heterocycles. The second-order valence-corrected chi connectivity index (χ2v) is 5.73. The van der Waals surface area contributed by atoms with Crippen molar-refractivity contribution >= 4 is 23.2 Å². The minimum Gasteiger partial charge on any atom is -0.384 e. The SMILES string of the molecule is CCCNc1ccc(Cl)cc1C(=O)NCCC1CCCO1. The molecule has 1 aliphatic heterocycles. The topological polar surface area (TPSA) is 50.4 Å². The number of nitrogens with one attached hydrogen (secondary N) is 2. The Labute approximate surface area is 131 Å². The van der Waals surface area contributed by atoms with Gasteiger partial charge in [0.1, 0.15) is 0 Å². The van der Waals surface area contributed by atoms with Gasteiger partial charge < -0.3 is 15.4 Å². The first-order valence-corrected chi connectivity index (χ1v) is 8.01. The molecule has 1 atom stereocenters. The van der Waals surface area contributed by atoms with Gasteiger partial charge in [-0.15, -0.1) is 0 Å². The monoisotopic (exact) mass is 310 g/mol. The molecule has 5 heteroatoms. The van der Waals surface area contributed by atoms with E-state index in [9.17, 15) is 4.79 Å². The van der Waals surface area contributed by atoms with Gasteiger partial charge in [-0.05, 0) is 43.9 Å². The molecule has 0 aliphatic carbocycles. The number of halogens is 1. The summed E-state index contributed by atoms with van der Waals surface area (Å²) in [6.45, 7) is 4.39. The van der Waals surface area contributed by atoms with E-state index < -0.39 is 0 Å². The van der Waals surface area contributed by atoms with Crippen LogP contribution in [0.1, 0.15) is 43.0 Å². The van der Waals surface area contributed by atoms with Crippen molar-refractivity contribution in [2.45, 2.75) is 38.7 Å². The third-order valence-electron chi connectivity index (χ3n) is 3.57. The minimum atomic E-state index is -0.0888. The highest BCUT2D eigenvalue weighted by molar-refractivity contribution is 6.31. The van der Waals surface area contributed by atoms with Gasteiger partial charge in [-0.1, -0.05) is 18.5 Å². The van der Waals surface area contributed by atoms with E-state index in [1.165, 1.54) is 0 Å². The van der Waals surface area contributed by atoms with Crippen LogP contribution in [-0.2, 0) is 4.74 Å². The average Bonchev–Trinajstić information content (AvgIpc) is 2.99. The molecule has 1 aliphatic rings. The summed E-state index contributed by atoms with van der Waals surface area (Å²) in [5, 5.41) is 6.78. The van der Waals surface area contributed by atoms with Gasteiger partial charge in [0.15, 0.2) is 0 Å². The van der Waals surface area contributed by atoms with Crippen molar-refractivity contribution in [2.75, 3.05) is 25.0 Å². The van der Waals surface area contributed by atoms with Crippen molar-refractivity contribution in [3.05, 3.63) is 28.8 Å². The van der Waals surface area contributed by atoms with Crippen LogP contribution in [0.2, 0.25) is 5.02 Å². The molecule has 4 nitrogen and oxygen atoms in total. The molecular formula is C16H23ClN2O2. The molecule has 0 spiro atoms. The van der Waals surface area contributed by atoms with Crippen LogP contribution >= 0.6 is 11.6 Å². The van der Waals surface area contributed by atoms with Gasteiger partial charge in [0.05, 0.1) is 11.7 Å². The molecule has 1 aromatic rings. The van der Waals surface area contributed by atoms with Crippen molar-refractivity contribution in [1.29, 1.82) is 0 Å². The van der Waals surface area contributed by atoms with Crippen LogP contribution in [0.5, 0.6) is 0 Å². The zero-order chi connectivity index (χ0) is 15.1. The van der Waals surface area contributed by atoms with Crippen LogP contribution in [0.15, 0.2) is 18.2 Å². The lowest BCUT2D eigenvalue weighted by Gasteiger charge is -2.13. The Morgan fingerprint density at radius 2 is 2.29 bits per heavy atom. The summed E-state index contributed by atoms with van der Waals surface area (Å²) in [6.07, 6.45) is 4.38. The van der Waals surface area contributed by atoms with Crippen molar-refractivity contribution < 1.29 is 9.53 Å². The zero-order valence-corrected chi connectivity index (χ0v) is 13.2. The standard InChI is InChI=1S/C16H23ClN2O2/c1-2-8-18-15-6-5-12(17)11-14(15)16(20)19-9-7-13-4-3-10-21-13/h5-6,11,13,18H,2-4,7-10H2,1H3,(H,19,20). The van der Waals surface area contributed by atoms with Gasteiger partial charge in [0.2, 0.25) is 0 Å². The lowest BCUT2D eigenvalue weighted by molar-refractivity contribution is 0.0908. The van der Waals surface area contributed by atoms with Gasteiger partial charge in [-0.25, -0.2) is 0 Å². The van der Waals surface area contributed by atoms with E-state index in [-0.39, 0.29) is 5.91 Å². The number of carbonyl (C=O) groups is 1. The highest BCUT2D eigenvalue weighted by Gasteiger charge is 2.16. The van der Waals surface area contributed by atoms with E-state index in [4.69, 9.17) is 16.3 Å². The van der Waals surface area contributed by atoms with E-state index in [1.54, 1.807) is 12.1 Å². The summed E-state index contributed by atoms with van der Waals surface area (Å²) in [5.41, 5.74) is 1.43. The third kappa shape index (κ3) is 4.90. The number of anilines is 1. The maximum Gasteiger partial charge on any atom is 0.253 e. The largest absolute Gasteiger partial charge is 0.384 e. The van der Waals surface area contributed by atoms with Crippen LogP contribution in [0, 0.1) is 0 Å². The fourth-order valence-corrected chi connectivity index (χ4v) is 2.60. The molecule has 0 radical (unpaired) electrons. The van der Waals surface area contributed by atoms with Crippen LogP contribution in [0.25, 0.3) is 0 Å². The van der Waals surface area contributed by atoms with Crippen LogP contribution in [0.4, 0.5) is 5.69 Å². The summed E-state index contributed by atoms with van der Waals surface area (Å²) in [5.74, 6) is -0.0888. The summed E-state index contributed by atoms with van der Waals surface area (Å²) < 4.78 is 5.55. The molecule has 1 heterocycles. The molecule has 1 amide bonds. The molecular weight excluding hydrogens is 288 g/mol. The minimum absolute atomic E-state index is 0.0888. The first-order valence-electron chi connectivity index (χ1n) is 7.64. The van der Waals surface area contributed by atoms with Gasteiger partial charge in [0, 0.05) is 30.4 Å². The normalized spacial score (nSPS) is 17.7. The molecule has 1 unspecified atom stereocenters. The van der Waals surface area contributed by atoms with Crippen molar-refractivity contribution in [3.63, 3.8) is 0 Å². The van der Waals surface area contributed by atoms with Gasteiger partial charge in [0.25, 0.3) is 5.91 Å². The molecule has 1 fully saturated rings. The molecule has 2 rings (SSSR count). The third-order valence-corrected chi connectivity index (χ3v) is 3.80. The average molecular weight is 311 g/mol. The number of ether oxygens (including phenoxy) is 1. The van der Waals surface area contributed by atoms with E-state index in [0.717, 1.165) is 44.5 Å². The molecule has 1 aromatic carbocycles. The van der Waals surface area contributed by atoms with E-state index >= 15 is 0 Å². The van der Waals surface area contributed by atoms with Crippen molar-refractivity contribution in [1.82, 2.24) is 5.32 Å². The number of amides is 1. The predicted octanol–water partition coefficient (Wildman–Crippen LogP) is 3.46. The zero-order valence-electron chi connectivity index (χ0n) is 12.5. The van der Waals surface area contributed by atoms with Crippen LogP contribution in [-0.4, -0.2) is 31.7 Å². The summed E-state index contributed by atoms with van der Waals surface area (Å²) in [4.78, 5) is 12.3. The van der Waals surface area contributed by atoms with Crippen LogP contribution in [0.3, 0.4) is 0 Å². The number of rotatable bonds is 7. The Hall–Kier alpha value is -1.26. The van der Waals surface area contributed by atoms with Gasteiger partial charge in [-0.2, -0.15) is 0 Å². The summed E-state index contributed by atoms with van der Waals surface area (Å²) >= 11 is 6.00. The summed E-state index contributed by atoms with van der Waals surface area (Å²) in [6, 6.07) is 5.36. The van der Waals surface area contributed by atoms with E-state index in [0.29, 0.717) is 23.2 Å². The van der Waals surface area contributed by atoms with E-state index in [2.05, 4.69) is 17.6 Å². The van der Waals surface area contributed by atoms with Gasteiger partial charge in [-0.3, -0.25) is 4.79 Å². The molecule has 1 saturated heterocycles. The Bertz CT molecular complexity index is 473. The smallest absolute Gasteiger partial charge is 0.253 e. The Balaban J connectivity index is 1.91. The maximum absolute atomic E-state index is 12.3. The van der Waals surface area contributed by atoms with Gasteiger partial charge >= 0.3 is 0 Å². The Morgan fingerprint density at radius 3 is 3.00 bits per heavy atom. The lowest BCUT2D eigenvalue weighted by atomic mass is 10.1. The first kappa shape index (κ1) is 16.1. The van der Waals surface area contributed by atoms with E-state index in [1.807, 2.05) is 6.07 Å². The molecule has 2 N–H and O–H groups in total.